The summed E-state index contributed by atoms with van der Waals surface area (Å²) < 4.78 is 39.2. The van der Waals surface area contributed by atoms with Gasteiger partial charge in [0.25, 0.3) is 5.91 Å². The normalized spacial score (nSPS) is 14.4. The van der Waals surface area contributed by atoms with Crippen LogP contribution in [0.15, 0.2) is 48.8 Å². The van der Waals surface area contributed by atoms with E-state index in [0.29, 0.717) is 31.7 Å². The van der Waals surface area contributed by atoms with Crippen LogP contribution in [0.25, 0.3) is 0 Å². The average molecular weight is 439 g/mol. The molecule has 2 heterocycles. The summed E-state index contributed by atoms with van der Waals surface area (Å²) in [6.45, 7) is 2.28. The van der Waals surface area contributed by atoms with Gasteiger partial charge in [-0.25, -0.2) is 9.59 Å². The third-order valence-electron chi connectivity index (χ3n) is 4.47. The first-order valence-corrected chi connectivity index (χ1v) is 9.12. The number of alkyl halides is 3. The van der Waals surface area contributed by atoms with Crippen LogP contribution in [0.5, 0.6) is 0 Å². The molecule has 0 bridgehead atoms. The molecule has 1 fully saturated rings. The van der Waals surface area contributed by atoms with Gasteiger partial charge in [0, 0.05) is 45.1 Å². The van der Waals surface area contributed by atoms with E-state index in [2.05, 4.69) is 4.98 Å². The van der Waals surface area contributed by atoms with Crippen molar-refractivity contribution in [3.63, 3.8) is 0 Å². The predicted octanol–water partition coefficient (Wildman–Crippen LogP) is 2.21. The van der Waals surface area contributed by atoms with E-state index in [-0.39, 0.29) is 18.0 Å². The molecule has 2 aromatic rings. The van der Waals surface area contributed by atoms with Crippen LogP contribution in [0, 0.1) is 0 Å². The average Bonchev–Trinajstić information content (AvgIpc) is 2.74. The van der Waals surface area contributed by atoms with E-state index in [9.17, 15) is 18.0 Å². The van der Waals surface area contributed by atoms with Crippen molar-refractivity contribution >= 4 is 17.8 Å². The maximum absolute atomic E-state index is 13.1. The number of carboxylic acids is 2. The molecule has 31 heavy (non-hydrogen) atoms. The Hall–Kier alpha value is -3.47. The lowest BCUT2D eigenvalue weighted by atomic mass is 10.1. The van der Waals surface area contributed by atoms with Crippen LogP contribution >= 0.6 is 0 Å². The molecule has 0 unspecified atom stereocenters. The van der Waals surface area contributed by atoms with Gasteiger partial charge in [0.15, 0.2) is 0 Å². The van der Waals surface area contributed by atoms with E-state index < -0.39 is 23.7 Å². The zero-order valence-electron chi connectivity index (χ0n) is 16.2. The van der Waals surface area contributed by atoms with E-state index in [4.69, 9.17) is 19.8 Å². The quantitative estimate of drug-likeness (QED) is 0.706. The summed E-state index contributed by atoms with van der Waals surface area (Å²) in [6, 6.07) is 9.05. The van der Waals surface area contributed by atoms with Crippen molar-refractivity contribution in [3.05, 3.63) is 65.5 Å². The zero-order valence-corrected chi connectivity index (χ0v) is 16.2. The number of carbonyl (C=O) groups is 3. The molecule has 0 saturated carbocycles. The second-order valence-corrected chi connectivity index (χ2v) is 6.58. The molecule has 166 valence electrons. The fraction of sp³-hybridized carbons (Fsp3) is 0.300. The minimum Gasteiger partial charge on any atom is -0.473 e. The second-order valence-electron chi connectivity index (χ2n) is 6.58. The summed E-state index contributed by atoms with van der Waals surface area (Å²) in [5.74, 6) is -3.74. The topological polar surface area (TPSA) is 111 Å². The van der Waals surface area contributed by atoms with Gasteiger partial charge in [-0.3, -0.25) is 14.7 Å². The molecule has 1 aromatic heterocycles. The van der Waals surface area contributed by atoms with Crippen molar-refractivity contribution in [2.75, 3.05) is 26.2 Å². The fourth-order valence-electron chi connectivity index (χ4n) is 2.96. The molecule has 3 rings (SSSR count). The van der Waals surface area contributed by atoms with Crippen LogP contribution in [-0.4, -0.2) is 69.0 Å². The van der Waals surface area contributed by atoms with Crippen molar-refractivity contribution in [1.29, 1.82) is 0 Å². The highest BCUT2D eigenvalue weighted by Crippen LogP contribution is 2.32. The number of pyridine rings is 1. The lowest BCUT2D eigenvalue weighted by Gasteiger charge is -2.35. The number of rotatable bonds is 3. The van der Waals surface area contributed by atoms with Gasteiger partial charge in [-0.05, 0) is 23.8 Å². The number of aromatic nitrogens is 1. The molecule has 11 heteroatoms. The van der Waals surface area contributed by atoms with Gasteiger partial charge >= 0.3 is 18.1 Å². The molecule has 2 N–H and O–H groups in total. The number of carboxylic acid groups (broad SMARTS) is 2. The van der Waals surface area contributed by atoms with Crippen LogP contribution in [0.1, 0.15) is 21.5 Å². The largest absolute Gasteiger partial charge is 0.473 e. The lowest BCUT2D eigenvalue weighted by Crippen LogP contribution is -2.48. The number of halogens is 3. The first kappa shape index (κ1) is 23.8. The third-order valence-corrected chi connectivity index (χ3v) is 4.47. The molecule has 0 radical (unpaired) electrons. The molecule has 1 saturated heterocycles. The number of aliphatic carboxylic acids is 2. The molecule has 1 aliphatic heterocycles. The SMILES string of the molecule is O=C(O)C(=O)O.O=C(c1cccnc1)N1CCN(Cc2ccccc2C(F)(F)F)CC1. The molecule has 1 aromatic carbocycles. The maximum atomic E-state index is 13.1. The second kappa shape index (κ2) is 10.5. The summed E-state index contributed by atoms with van der Waals surface area (Å²) in [5.41, 5.74) is 0.198. The smallest absolute Gasteiger partial charge is 0.416 e. The number of hydrogen-bond acceptors (Lipinski definition) is 5. The van der Waals surface area contributed by atoms with Crippen LogP contribution in [0.2, 0.25) is 0 Å². The Labute approximate surface area is 175 Å². The molecule has 1 amide bonds. The Balaban J connectivity index is 0.000000501. The zero-order chi connectivity index (χ0) is 23.0. The van der Waals surface area contributed by atoms with Crippen molar-refractivity contribution in [2.24, 2.45) is 0 Å². The van der Waals surface area contributed by atoms with Gasteiger partial charge in [0.05, 0.1) is 11.1 Å². The molecular formula is C20H20F3N3O5. The van der Waals surface area contributed by atoms with Crippen molar-refractivity contribution < 1.29 is 37.8 Å². The first-order valence-electron chi connectivity index (χ1n) is 9.12. The summed E-state index contributed by atoms with van der Waals surface area (Å²) in [4.78, 5) is 38.2. The van der Waals surface area contributed by atoms with Gasteiger partial charge in [-0.2, -0.15) is 13.2 Å². The number of amides is 1. The Bertz CT molecular complexity index is 902. The maximum Gasteiger partial charge on any atom is 0.416 e. The van der Waals surface area contributed by atoms with Crippen molar-refractivity contribution in [2.45, 2.75) is 12.7 Å². The Kier molecular flexibility index (Phi) is 8.08. The number of piperazine rings is 1. The molecular weight excluding hydrogens is 419 g/mol. The highest BCUT2D eigenvalue weighted by Gasteiger charge is 2.33. The van der Waals surface area contributed by atoms with Crippen LogP contribution in [0.4, 0.5) is 13.2 Å². The summed E-state index contributed by atoms with van der Waals surface area (Å²) in [6.07, 6.45) is -1.23. The Morgan fingerprint density at radius 3 is 2.06 bits per heavy atom. The number of benzene rings is 1. The molecule has 0 aliphatic carbocycles. The standard InChI is InChI=1S/C18H18F3N3O.C2H2O4/c19-18(20,21)16-6-2-1-4-15(16)13-23-8-10-24(11-9-23)17(25)14-5-3-7-22-12-14;3-1(4)2(5)6/h1-7,12H,8-11,13H2;(H,3,4)(H,5,6). The van der Waals surface area contributed by atoms with E-state index in [1.165, 1.54) is 18.3 Å². The van der Waals surface area contributed by atoms with Gasteiger partial charge in [-0.1, -0.05) is 18.2 Å². The number of hydrogen-bond donors (Lipinski definition) is 2. The minimum atomic E-state index is -4.35. The molecule has 1 aliphatic rings. The molecule has 0 spiro atoms. The van der Waals surface area contributed by atoms with E-state index >= 15 is 0 Å². The van der Waals surface area contributed by atoms with Gasteiger partial charge in [-0.15, -0.1) is 0 Å². The van der Waals surface area contributed by atoms with E-state index in [1.54, 1.807) is 29.3 Å². The van der Waals surface area contributed by atoms with Crippen molar-refractivity contribution in [1.82, 2.24) is 14.8 Å². The Morgan fingerprint density at radius 2 is 1.55 bits per heavy atom. The lowest BCUT2D eigenvalue weighted by molar-refractivity contribution is -0.159. The van der Waals surface area contributed by atoms with Crippen LogP contribution < -0.4 is 0 Å². The first-order chi connectivity index (χ1) is 14.6. The van der Waals surface area contributed by atoms with E-state index in [1.807, 2.05) is 4.90 Å². The summed E-state index contributed by atoms with van der Waals surface area (Å²) >= 11 is 0. The third kappa shape index (κ3) is 7.07. The number of nitrogens with zero attached hydrogens (tertiary/aromatic N) is 3. The summed E-state index contributed by atoms with van der Waals surface area (Å²) in [5, 5.41) is 14.8. The predicted molar refractivity (Wildman–Crippen MR) is 102 cm³/mol. The Morgan fingerprint density at radius 1 is 0.935 bits per heavy atom. The molecule has 0 atom stereocenters. The van der Waals surface area contributed by atoms with Gasteiger partial charge in [0.2, 0.25) is 0 Å². The monoisotopic (exact) mass is 439 g/mol. The van der Waals surface area contributed by atoms with Crippen LogP contribution in [-0.2, 0) is 22.3 Å². The molecule has 8 nitrogen and oxygen atoms in total. The minimum absolute atomic E-state index is 0.0940. The van der Waals surface area contributed by atoms with Gasteiger partial charge < -0.3 is 15.1 Å². The summed E-state index contributed by atoms with van der Waals surface area (Å²) in [7, 11) is 0. The van der Waals surface area contributed by atoms with E-state index in [0.717, 1.165) is 6.07 Å². The fourth-order valence-corrected chi connectivity index (χ4v) is 2.96. The highest BCUT2D eigenvalue weighted by atomic mass is 19.4. The van der Waals surface area contributed by atoms with Crippen molar-refractivity contribution in [3.8, 4) is 0 Å². The highest BCUT2D eigenvalue weighted by molar-refractivity contribution is 6.27. The number of carbonyl (C=O) groups excluding carboxylic acids is 1. The van der Waals surface area contributed by atoms with Gasteiger partial charge in [0.1, 0.15) is 0 Å². The van der Waals surface area contributed by atoms with Crippen LogP contribution in [0.3, 0.4) is 0 Å².